The number of aliphatic hydroxyl groups is 1. The molecule has 3 amide bonds. The van der Waals surface area contributed by atoms with E-state index in [9.17, 15) is 19.5 Å². The van der Waals surface area contributed by atoms with Crippen LogP contribution in [0, 0.1) is 11.8 Å². The number of anilines is 1. The number of likely N-dealkylation sites (tertiary alicyclic amines) is 1. The van der Waals surface area contributed by atoms with Gasteiger partial charge in [-0.1, -0.05) is 50.6 Å². The second-order valence-corrected chi connectivity index (χ2v) is 11.6. The van der Waals surface area contributed by atoms with E-state index < -0.39 is 35.1 Å². The summed E-state index contributed by atoms with van der Waals surface area (Å²) in [6.07, 6.45) is 6.72. The summed E-state index contributed by atoms with van der Waals surface area (Å²) in [5.41, 5.74) is -1.27. The van der Waals surface area contributed by atoms with Crippen molar-refractivity contribution in [2.24, 2.45) is 11.8 Å². The van der Waals surface area contributed by atoms with Crippen molar-refractivity contribution in [3.05, 3.63) is 55.6 Å². The Bertz CT molecular complexity index is 1120. The molecule has 3 heterocycles. The molecule has 1 aromatic rings. The van der Waals surface area contributed by atoms with Crippen LogP contribution in [0.5, 0.6) is 0 Å². The molecule has 4 rings (SSSR count). The van der Waals surface area contributed by atoms with E-state index in [0.717, 1.165) is 18.5 Å². The molecule has 218 valence electrons. The summed E-state index contributed by atoms with van der Waals surface area (Å²) < 4.78 is 6.92. The van der Waals surface area contributed by atoms with Crippen molar-refractivity contribution >= 4 is 23.4 Å². The van der Waals surface area contributed by atoms with Crippen molar-refractivity contribution in [2.75, 3.05) is 24.6 Å². The summed E-state index contributed by atoms with van der Waals surface area (Å²) in [5.74, 6) is -2.27. The quantitative estimate of drug-likeness (QED) is 0.375. The molecular weight excluding hydrogens is 506 g/mol. The predicted octanol–water partition coefficient (Wildman–Crippen LogP) is 3.94. The molecule has 0 aliphatic carbocycles. The van der Waals surface area contributed by atoms with Crippen LogP contribution in [0.25, 0.3) is 0 Å². The monoisotopic (exact) mass is 551 g/mol. The number of rotatable bonds is 13. The highest BCUT2D eigenvalue weighted by Gasteiger charge is 2.79. The van der Waals surface area contributed by atoms with Gasteiger partial charge in [0.05, 0.1) is 30.1 Å². The summed E-state index contributed by atoms with van der Waals surface area (Å²) in [7, 11) is 0. The first-order valence-corrected chi connectivity index (χ1v) is 14.7. The predicted molar refractivity (Wildman–Crippen MR) is 156 cm³/mol. The van der Waals surface area contributed by atoms with Gasteiger partial charge in [-0.3, -0.25) is 14.4 Å². The normalized spacial score (nSPS) is 30.1. The number of para-hydroxylation sites is 1. The Labute approximate surface area is 238 Å². The molecule has 1 N–H and O–H groups in total. The van der Waals surface area contributed by atoms with Gasteiger partial charge >= 0.3 is 0 Å². The molecule has 2 bridgehead atoms. The standard InChI is InChI=1S/C32H45N3O5/c1-7-14-22(5)33(19-8-2)30(39)27-32-18-17-31(10-4,40-32)25(26(32)29(38)35(27)23(6)21-36)28(37)34(20-9-3)24-15-12-11-13-16-24/h8-9,11-13,15-16,22-23,25-27,36H,2-3,7,10,14,17-21H2,1,4-6H3/t22?,23-,25+,26+,27?,31-,32?/m1/s1. The fourth-order valence-corrected chi connectivity index (χ4v) is 7.46. The second-order valence-electron chi connectivity index (χ2n) is 11.6. The summed E-state index contributed by atoms with van der Waals surface area (Å²) in [6.45, 7) is 15.9. The van der Waals surface area contributed by atoms with Gasteiger partial charge in [-0.25, -0.2) is 0 Å². The molecule has 3 unspecified atom stereocenters. The SMILES string of the molecule is C=CCN(C(=O)[C@@H]1[C@H]2C(=O)N([C@H](C)CO)C(C(=O)N(CC=C)C(C)CCC)C23CC[C@@]1(CC)O3)c1ccccc1. The smallest absolute Gasteiger partial charge is 0.248 e. The Morgan fingerprint density at radius 2 is 1.80 bits per heavy atom. The molecular formula is C32H45N3O5. The number of benzene rings is 1. The van der Waals surface area contributed by atoms with Crippen molar-refractivity contribution in [3.8, 4) is 0 Å². The molecule has 0 aromatic heterocycles. The Balaban J connectivity index is 1.84. The maximum Gasteiger partial charge on any atom is 0.248 e. The van der Waals surface area contributed by atoms with Crippen LogP contribution in [0.2, 0.25) is 0 Å². The molecule has 8 nitrogen and oxygen atoms in total. The Hall–Kier alpha value is -2.97. The highest BCUT2D eigenvalue weighted by atomic mass is 16.5. The van der Waals surface area contributed by atoms with E-state index in [1.807, 2.05) is 44.2 Å². The average molecular weight is 552 g/mol. The minimum Gasteiger partial charge on any atom is -0.394 e. The topological polar surface area (TPSA) is 90.4 Å². The van der Waals surface area contributed by atoms with E-state index in [-0.39, 0.29) is 36.9 Å². The van der Waals surface area contributed by atoms with E-state index in [2.05, 4.69) is 20.1 Å². The highest BCUT2D eigenvalue weighted by Crippen LogP contribution is 2.65. The Morgan fingerprint density at radius 3 is 2.38 bits per heavy atom. The lowest BCUT2D eigenvalue weighted by atomic mass is 9.64. The summed E-state index contributed by atoms with van der Waals surface area (Å²) >= 11 is 0. The van der Waals surface area contributed by atoms with Gasteiger partial charge < -0.3 is 24.5 Å². The first kappa shape index (κ1) is 30.0. The van der Waals surface area contributed by atoms with Crippen LogP contribution in [-0.4, -0.2) is 81.7 Å². The van der Waals surface area contributed by atoms with Crippen molar-refractivity contribution in [3.63, 3.8) is 0 Å². The number of carbonyl (C=O) groups excluding carboxylic acids is 3. The first-order chi connectivity index (χ1) is 19.2. The van der Waals surface area contributed by atoms with Crippen LogP contribution in [0.3, 0.4) is 0 Å². The lowest BCUT2D eigenvalue weighted by Crippen LogP contribution is -2.59. The van der Waals surface area contributed by atoms with Crippen LogP contribution in [-0.2, 0) is 19.1 Å². The molecule has 8 heteroatoms. The number of ether oxygens (including phenoxy) is 1. The third-order valence-corrected chi connectivity index (χ3v) is 9.35. The highest BCUT2D eigenvalue weighted by molar-refractivity contribution is 6.03. The van der Waals surface area contributed by atoms with Crippen LogP contribution < -0.4 is 4.90 Å². The number of aliphatic hydroxyl groups excluding tert-OH is 1. The van der Waals surface area contributed by atoms with E-state index in [1.54, 1.807) is 28.9 Å². The minimum absolute atomic E-state index is 0.0651. The van der Waals surface area contributed by atoms with Gasteiger partial charge in [-0.15, -0.1) is 13.2 Å². The van der Waals surface area contributed by atoms with E-state index in [1.165, 1.54) is 4.90 Å². The number of fused-ring (bicyclic) bond motifs is 1. The van der Waals surface area contributed by atoms with Gasteiger partial charge in [-0.05, 0) is 51.7 Å². The van der Waals surface area contributed by atoms with Crippen LogP contribution in [0.4, 0.5) is 5.69 Å². The average Bonchev–Trinajstić information content (AvgIpc) is 3.57. The zero-order valence-electron chi connectivity index (χ0n) is 24.4. The number of carbonyl (C=O) groups is 3. The number of hydrogen-bond acceptors (Lipinski definition) is 5. The zero-order valence-corrected chi connectivity index (χ0v) is 24.4. The molecule has 3 saturated heterocycles. The lowest BCUT2D eigenvalue weighted by molar-refractivity contribution is -0.156. The Morgan fingerprint density at radius 1 is 1.12 bits per heavy atom. The first-order valence-electron chi connectivity index (χ1n) is 14.7. The van der Waals surface area contributed by atoms with Gasteiger partial charge in [0.1, 0.15) is 11.6 Å². The summed E-state index contributed by atoms with van der Waals surface area (Å²) in [4.78, 5) is 48.4. The Kier molecular flexibility index (Phi) is 8.90. The van der Waals surface area contributed by atoms with E-state index in [4.69, 9.17) is 4.74 Å². The summed E-state index contributed by atoms with van der Waals surface area (Å²) in [5, 5.41) is 10.2. The lowest BCUT2D eigenvalue weighted by Gasteiger charge is -2.40. The molecule has 7 atom stereocenters. The van der Waals surface area contributed by atoms with Crippen LogP contribution in [0.1, 0.15) is 59.8 Å². The maximum atomic E-state index is 14.5. The van der Waals surface area contributed by atoms with Crippen molar-refractivity contribution in [1.29, 1.82) is 0 Å². The van der Waals surface area contributed by atoms with Crippen LogP contribution >= 0.6 is 0 Å². The van der Waals surface area contributed by atoms with Crippen LogP contribution in [0.15, 0.2) is 55.6 Å². The van der Waals surface area contributed by atoms with Crippen molar-refractivity contribution in [2.45, 2.75) is 89.1 Å². The number of nitrogens with zero attached hydrogens (tertiary/aromatic N) is 3. The molecule has 3 fully saturated rings. The third kappa shape index (κ3) is 4.59. The fourth-order valence-electron chi connectivity index (χ4n) is 7.46. The minimum atomic E-state index is -1.14. The number of amides is 3. The van der Waals surface area contributed by atoms with Gasteiger partial charge in [0, 0.05) is 24.8 Å². The van der Waals surface area contributed by atoms with Gasteiger partial charge in [0.2, 0.25) is 17.7 Å². The zero-order chi connectivity index (χ0) is 29.2. The summed E-state index contributed by atoms with van der Waals surface area (Å²) in [6, 6.07) is 7.78. The van der Waals surface area contributed by atoms with E-state index in [0.29, 0.717) is 25.8 Å². The van der Waals surface area contributed by atoms with Crippen molar-refractivity contribution in [1.82, 2.24) is 9.80 Å². The molecule has 0 radical (unpaired) electrons. The van der Waals surface area contributed by atoms with Gasteiger partial charge in [0.15, 0.2) is 0 Å². The van der Waals surface area contributed by atoms with E-state index >= 15 is 0 Å². The maximum absolute atomic E-state index is 14.5. The molecule has 1 aromatic carbocycles. The number of hydrogen-bond donors (Lipinski definition) is 1. The second kappa shape index (κ2) is 11.9. The fraction of sp³-hybridized carbons (Fsp3) is 0.594. The molecule has 3 aliphatic rings. The molecule has 3 aliphatic heterocycles. The van der Waals surface area contributed by atoms with Gasteiger partial charge in [0.25, 0.3) is 0 Å². The molecule has 40 heavy (non-hydrogen) atoms. The van der Waals surface area contributed by atoms with Gasteiger partial charge in [-0.2, -0.15) is 0 Å². The third-order valence-electron chi connectivity index (χ3n) is 9.35. The largest absolute Gasteiger partial charge is 0.394 e. The van der Waals surface area contributed by atoms with Crippen molar-refractivity contribution < 1.29 is 24.2 Å². The molecule has 1 spiro atoms. The molecule has 0 saturated carbocycles.